The second-order valence-electron chi connectivity index (χ2n) is 5.75. The molecule has 1 atom stereocenters. The number of anilines is 1. The van der Waals surface area contributed by atoms with Gasteiger partial charge in [0, 0.05) is 30.0 Å². The summed E-state index contributed by atoms with van der Waals surface area (Å²) in [6.07, 6.45) is 2.84. The van der Waals surface area contributed by atoms with Crippen LogP contribution in [0.1, 0.15) is 6.42 Å². The monoisotopic (exact) mass is 326 g/mol. The minimum Gasteiger partial charge on any atom is -0.497 e. The van der Waals surface area contributed by atoms with Gasteiger partial charge in [0.25, 0.3) is 0 Å². The van der Waals surface area contributed by atoms with E-state index in [4.69, 9.17) is 15.5 Å². The molecule has 1 saturated heterocycles. The molecule has 1 aromatic carbocycles. The predicted octanol–water partition coefficient (Wildman–Crippen LogP) is 2.90. The van der Waals surface area contributed by atoms with E-state index in [1.807, 2.05) is 24.4 Å². The molecule has 6 heteroatoms. The van der Waals surface area contributed by atoms with Crippen molar-refractivity contribution in [3.05, 3.63) is 36.5 Å². The van der Waals surface area contributed by atoms with Crippen molar-refractivity contribution in [3.8, 4) is 16.5 Å². The number of rotatable bonds is 3. The summed E-state index contributed by atoms with van der Waals surface area (Å²) in [5.74, 6) is 2.59. The van der Waals surface area contributed by atoms with Gasteiger partial charge < -0.3 is 15.4 Å². The number of thiophene rings is 1. The lowest BCUT2D eigenvalue weighted by Crippen LogP contribution is -2.26. The summed E-state index contributed by atoms with van der Waals surface area (Å²) in [6.45, 7) is 1.82. The topological polar surface area (TPSA) is 64.3 Å². The van der Waals surface area contributed by atoms with Gasteiger partial charge in [0.2, 0.25) is 0 Å². The summed E-state index contributed by atoms with van der Waals surface area (Å²) in [4.78, 5) is 12.5. The van der Waals surface area contributed by atoms with Crippen molar-refractivity contribution in [1.29, 1.82) is 0 Å². The minimum atomic E-state index is 0.241. The van der Waals surface area contributed by atoms with Crippen LogP contribution in [0.2, 0.25) is 0 Å². The molecule has 2 aromatic heterocycles. The second-order valence-corrected chi connectivity index (χ2v) is 6.83. The van der Waals surface area contributed by atoms with Crippen molar-refractivity contribution in [1.82, 2.24) is 9.97 Å². The zero-order valence-corrected chi connectivity index (χ0v) is 13.7. The smallest absolute Gasteiger partial charge is 0.171 e. The molecular weight excluding hydrogens is 308 g/mol. The number of hydrogen-bond acceptors (Lipinski definition) is 6. The van der Waals surface area contributed by atoms with E-state index in [0.717, 1.165) is 47.2 Å². The van der Waals surface area contributed by atoms with Gasteiger partial charge in [0.05, 0.1) is 12.0 Å². The maximum absolute atomic E-state index is 6.00. The van der Waals surface area contributed by atoms with Crippen molar-refractivity contribution in [2.24, 2.45) is 5.73 Å². The Kier molecular flexibility index (Phi) is 3.63. The van der Waals surface area contributed by atoms with Crippen LogP contribution in [-0.2, 0) is 0 Å². The summed E-state index contributed by atoms with van der Waals surface area (Å²) >= 11 is 1.70. The fourth-order valence-corrected chi connectivity index (χ4v) is 3.88. The second kappa shape index (κ2) is 5.79. The van der Waals surface area contributed by atoms with Crippen LogP contribution in [0.5, 0.6) is 5.75 Å². The van der Waals surface area contributed by atoms with Crippen LogP contribution in [-0.4, -0.2) is 36.2 Å². The summed E-state index contributed by atoms with van der Waals surface area (Å²) in [5, 5.41) is 1.15. The lowest BCUT2D eigenvalue weighted by atomic mass is 10.2. The van der Waals surface area contributed by atoms with Crippen molar-refractivity contribution < 1.29 is 4.74 Å². The minimum absolute atomic E-state index is 0.241. The van der Waals surface area contributed by atoms with Gasteiger partial charge in [-0.05, 0) is 42.1 Å². The SMILES string of the molecule is COc1ccc2sc(-c3nccc(N4CCC(N)C4)n3)cc2c1. The van der Waals surface area contributed by atoms with Crippen LogP contribution >= 0.6 is 11.3 Å². The van der Waals surface area contributed by atoms with Gasteiger partial charge >= 0.3 is 0 Å². The van der Waals surface area contributed by atoms with Crippen LogP contribution in [0.4, 0.5) is 5.82 Å². The molecule has 118 valence electrons. The molecule has 0 aliphatic carbocycles. The van der Waals surface area contributed by atoms with E-state index >= 15 is 0 Å². The predicted molar refractivity (Wildman–Crippen MR) is 94.2 cm³/mol. The van der Waals surface area contributed by atoms with E-state index in [-0.39, 0.29) is 6.04 Å². The molecule has 1 aliphatic heterocycles. The highest BCUT2D eigenvalue weighted by molar-refractivity contribution is 7.22. The number of aromatic nitrogens is 2. The molecule has 1 unspecified atom stereocenters. The molecule has 23 heavy (non-hydrogen) atoms. The van der Waals surface area contributed by atoms with Crippen LogP contribution in [0, 0.1) is 0 Å². The van der Waals surface area contributed by atoms with Crippen LogP contribution in [0.25, 0.3) is 20.8 Å². The molecule has 0 spiro atoms. The van der Waals surface area contributed by atoms with Crippen molar-refractivity contribution in [2.75, 3.05) is 25.1 Å². The first-order valence-corrected chi connectivity index (χ1v) is 8.46. The van der Waals surface area contributed by atoms with Gasteiger partial charge in [-0.1, -0.05) is 0 Å². The Hall–Kier alpha value is -2.18. The first kappa shape index (κ1) is 14.4. The van der Waals surface area contributed by atoms with Crippen molar-refractivity contribution in [2.45, 2.75) is 12.5 Å². The molecule has 1 fully saturated rings. The number of ether oxygens (including phenoxy) is 1. The molecule has 2 N–H and O–H groups in total. The Morgan fingerprint density at radius 2 is 2.22 bits per heavy atom. The summed E-state index contributed by atoms with van der Waals surface area (Å²) in [6, 6.07) is 10.4. The normalized spacial score (nSPS) is 17.8. The number of fused-ring (bicyclic) bond motifs is 1. The lowest BCUT2D eigenvalue weighted by Gasteiger charge is -2.16. The number of nitrogens with two attached hydrogens (primary N) is 1. The molecule has 1 aliphatic rings. The standard InChI is InChI=1S/C17H18N4OS/c1-22-13-2-3-14-11(8-13)9-15(23-14)17-19-6-4-16(20-17)21-7-5-12(18)10-21/h2-4,6,8-9,12H,5,7,10,18H2,1H3. The molecule has 0 saturated carbocycles. The third-order valence-electron chi connectivity index (χ3n) is 4.13. The Morgan fingerprint density at radius 3 is 3.00 bits per heavy atom. The van der Waals surface area contributed by atoms with E-state index in [1.54, 1.807) is 18.4 Å². The average molecular weight is 326 g/mol. The van der Waals surface area contributed by atoms with Crippen molar-refractivity contribution in [3.63, 3.8) is 0 Å². The Balaban J connectivity index is 1.70. The van der Waals surface area contributed by atoms with Crippen LogP contribution in [0.15, 0.2) is 36.5 Å². The van der Waals surface area contributed by atoms with E-state index in [1.165, 1.54) is 4.70 Å². The molecular formula is C17H18N4OS. The van der Waals surface area contributed by atoms with Gasteiger partial charge in [-0.25, -0.2) is 9.97 Å². The fourth-order valence-electron chi connectivity index (χ4n) is 2.90. The zero-order chi connectivity index (χ0) is 15.8. The van der Waals surface area contributed by atoms with Gasteiger partial charge in [-0.2, -0.15) is 0 Å². The molecule has 5 nitrogen and oxygen atoms in total. The fraction of sp³-hybridized carbons (Fsp3) is 0.294. The lowest BCUT2D eigenvalue weighted by molar-refractivity contribution is 0.415. The highest BCUT2D eigenvalue weighted by Crippen LogP contribution is 2.34. The number of hydrogen-bond donors (Lipinski definition) is 1. The maximum Gasteiger partial charge on any atom is 0.171 e. The van der Waals surface area contributed by atoms with E-state index in [2.05, 4.69) is 22.0 Å². The van der Waals surface area contributed by atoms with Crippen LogP contribution < -0.4 is 15.4 Å². The zero-order valence-electron chi connectivity index (χ0n) is 12.9. The van der Waals surface area contributed by atoms with Gasteiger partial charge in [0.15, 0.2) is 5.82 Å². The van der Waals surface area contributed by atoms with Gasteiger partial charge in [-0.15, -0.1) is 11.3 Å². The number of benzene rings is 1. The summed E-state index contributed by atoms with van der Waals surface area (Å²) < 4.78 is 6.50. The Labute approximate surface area is 138 Å². The van der Waals surface area contributed by atoms with Crippen LogP contribution in [0.3, 0.4) is 0 Å². The summed E-state index contributed by atoms with van der Waals surface area (Å²) in [7, 11) is 1.68. The van der Waals surface area contributed by atoms with Crippen molar-refractivity contribution >= 4 is 27.2 Å². The largest absolute Gasteiger partial charge is 0.497 e. The molecule has 0 amide bonds. The van der Waals surface area contributed by atoms with E-state index in [9.17, 15) is 0 Å². The van der Waals surface area contributed by atoms with Gasteiger partial charge in [0.1, 0.15) is 11.6 Å². The van der Waals surface area contributed by atoms with E-state index < -0.39 is 0 Å². The first-order chi connectivity index (χ1) is 11.2. The third-order valence-corrected chi connectivity index (χ3v) is 5.25. The molecule has 3 heterocycles. The first-order valence-electron chi connectivity index (χ1n) is 7.64. The molecule has 0 bridgehead atoms. The summed E-state index contributed by atoms with van der Waals surface area (Å²) in [5.41, 5.74) is 6.00. The highest BCUT2D eigenvalue weighted by atomic mass is 32.1. The Bertz CT molecular complexity index is 847. The Morgan fingerprint density at radius 1 is 1.30 bits per heavy atom. The number of nitrogens with zero attached hydrogens (tertiary/aromatic N) is 3. The number of methoxy groups -OCH3 is 1. The van der Waals surface area contributed by atoms with Gasteiger partial charge in [-0.3, -0.25) is 0 Å². The van der Waals surface area contributed by atoms with E-state index in [0.29, 0.717) is 0 Å². The quantitative estimate of drug-likeness (QED) is 0.802. The highest BCUT2D eigenvalue weighted by Gasteiger charge is 2.21. The maximum atomic E-state index is 6.00. The third kappa shape index (κ3) is 2.75. The average Bonchev–Trinajstić information content (AvgIpc) is 3.20. The molecule has 3 aromatic rings. The molecule has 4 rings (SSSR count). The molecule has 0 radical (unpaired) electrons.